The van der Waals surface area contributed by atoms with E-state index in [0.717, 1.165) is 41.5 Å². The fraction of sp³-hybridized carbons (Fsp3) is 0.263. The topological polar surface area (TPSA) is 49.4 Å². The minimum absolute atomic E-state index is 0.481. The molecule has 2 aromatic carbocycles. The Morgan fingerprint density at radius 1 is 1.08 bits per heavy atom. The SMILES string of the molecule is CCc1cccc(C)c1NC(=O)CN(C(C)=O)c1c(F)cccc1F. The molecule has 4 nitrogen and oxygen atoms in total. The van der Waals surface area contributed by atoms with Crippen molar-refractivity contribution in [2.24, 2.45) is 0 Å². The summed E-state index contributed by atoms with van der Waals surface area (Å²) in [7, 11) is 0. The Morgan fingerprint density at radius 2 is 1.68 bits per heavy atom. The number of halogens is 2. The van der Waals surface area contributed by atoms with Gasteiger partial charge in [0.1, 0.15) is 23.9 Å². The highest BCUT2D eigenvalue weighted by Crippen LogP contribution is 2.24. The van der Waals surface area contributed by atoms with Crippen LogP contribution in [0.2, 0.25) is 0 Å². The van der Waals surface area contributed by atoms with Crippen LogP contribution in [0.4, 0.5) is 20.2 Å². The van der Waals surface area contributed by atoms with Gasteiger partial charge in [0.05, 0.1) is 0 Å². The normalized spacial score (nSPS) is 10.4. The maximum Gasteiger partial charge on any atom is 0.244 e. The van der Waals surface area contributed by atoms with Crippen molar-refractivity contribution in [1.29, 1.82) is 0 Å². The maximum atomic E-state index is 14.0. The third-order valence-corrected chi connectivity index (χ3v) is 3.89. The summed E-state index contributed by atoms with van der Waals surface area (Å²) in [6, 6.07) is 8.93. The fourth-order valence-corrected chi connectivity index (χ4v) is 2.62. The summed E-state index contributed by atoms with van der Waals surface area (Å²) in [6.45, 7) is 4.49. The van der Waals surface area contributed by atoms with E-state index in [4.69, 9.17) is 0 Å². The van der Waals surface area contributed by atoms with E-state index in [1.807, 2.05) is 32.0 Å². The predicted octanol–water partition coefficient (Wildman–Crippen LogP) is 3.83. The van der Waals surface area contributed by atoms with Crippen LogP contribution < -0.4 is 10.2 Å². The molecule has 2 amide bonds. The first-order valence-corrected chi connectivity index (χ1v) is 7.95. The first kappa shape index (κ1) is 18.6. The van der Waals surface area contributed by atoms with Crippen molar-refractivity contribution in [3.63, 3.8) is 0 Å². The van der Waals surface area contributed by atoms with E-state index < -0.39 is 35.7 Å². The van der Waals surface area contributed by atoms with Crippen molar-refractivity contribution in [3.8, 4) is 0 Å². The monoisotopic (exact) mass is 346 g/mol. The molecule has 0 unspecified atom stereocenters. The van der Waals surface area contributed by atoms with Crippen molar-refractivity contribution in [1.82, 2.24) is 0 Å². The van der Waals surface area contributed by atoms with Gasteiger partial charge in [0.2, 0.25) is 11.8 Å². The molecule has 0 heterocycles. The summed E-state index contributed by atoms with van der Waals surface area (Å²) in [5, 5.41) is 2.75. The molecule has 0 aromatic heterocycles. The number of benzene rings is 2. The molecule has 0 radical (unpaired) electrons. The average Bonchev–Trinajstić information content (AvgIpc) is 2.55. The van der Waals surface area contributed by atoms with Crippen molar-refractivity contribution in [3.05, 3.63) is 59.2 Å². The second-order valence-electron chi connectivity index (χ2n) is 5.69. The Labute approximate surface area is 145 Å². The molecule has 0 fully saturated rings. The van der Waals surface area contributed by atoms with Crippen LogP contribution in [0.3, 0.4) is 0 Å². The van der Waals surface area contributed by atoms with Gasteiger partial charge in [-0.3, -0.25) is 14.5 Å². The Hall–Kier alpha value is -2.76. The molecule has 25 heavy (non-hydrogen) atoms. The molecule has 0 spiro atoms. The lowest BCUT2D eigenvalue weighted by atomic mass is 10.1. The van der Waals surface area contributed by atoms with E-state index in [0.29, 0.717) is 5.69 Å². The van der Waals surface area contributed by atoms with Gasteiger partial charge in [0.25, 0.3) is 0 Å². The van der Waals surface area contributed by atoms with Crippen LogP contribution in [0, 0.1) is 18.6 Å². The van der Waals surface area contributed by atoms with Crippen LogP contribution in [-0.4, -0.2) is 18.4 Å². The van der Waals surface area contributed by atoms with Crippen LogP contribution in [0.5, 0.6) is 0 Å². The van der Waals surface area contributed by atoms with Crippen molar-refractivity contribution in [2.45, 2.75) is 27.2 Å². The molecule has 0 aliphatic carbocycles. The third-order valence-electron chi connectivity index (χ3n) is 3.89. The van der Waals surface area contributed by atoms with E-state index in [1.165, 1.54) is 6.07 Å². The summed E-state index contributed by atoms with van der Waals surface area (Å²) in [5.74, 6) is -2.94. The summed E-state index contributed by atoms with van der Waals surface area (Å²) < 4.78 is 27.9. The Kier molecular flexibility index (Phi) is 5.85. The quantitative estimate of drug-likeness (QED) is 0.894. The number of nitrogens with one attached hydrogen (secondary N) is 1. The number of anilines is 2. The van der Waals surface area contributed by atoms with Crippen molar-refractivity contribution >= 4 is 23.2 Å². The third kappa shape index (κ3) is 4.21. The molecule has 2 aromatic rings. The summed E-state index contributed by atoms with van der Waals surface area (Å²) in [5.41, 5.74) is 1.96. The van der Waals surface area contributed by atoms with Gasteiger partial charge in [0, 0.05) is 12.6 Å². The maximum absolute atomic E-state index is 14.0. The van der Waals surface area contributed by atoms with E-state index in [2.05, 4.69) is 5.32 Å². The van der Waals surface area contributed by atoms with Gasteiger partial charge < -0.3 is 5.32 Å². The standard InChI is InChI=1S/C19H20F2N2O2/c1-4-14-8-5-7-12(2)18(14)22-17(25)11-23(13(3)24)19-15(20)9-6-10-16(19)21/h5-10H,4,11H2,1-3H3,(H,22,25). The van der Waals surface area contributed by atoms with Crippen LogP contribution in [-0.2, 0) is 16.0 Å². The zero-order valence-corrected chi connectivity index (χ0v) is 14.4. The van der Waals surface area contributed by atoms with Crippen LogP contribution in [0.25, 0.3) is 0 Å². The van der Waals surface area contributed by atoms with Gasteiger partial charge in [-0.25, -0.2) is 8.78 Å². The molecular formula is C19H20F2N2O2. The van der Waals surface area contributed by atoms with Gasteiger partial charge in [-0.15, -0.1) is 0 Å². The molecule has 0 saturated carbocycles. The highest BCUT2D eigenvalue weighted by atomic mass is 19.1. The number of hydrogen-bond donors (Lipinski definition) is 1. The van der Waals surface area contributed by atoms with Crippen molar-refractivity contribution < 1.29 is 18.4 Å². The summed E-state index contributed by atoms with van der Waals surface area (Å²) in [6.07, 6.45) is 0.718. The smallest absolute Gasteiger partial charge is 0.244 e. The lowest BCUT2D eigenvalue weighted by Gasteiger charge is -2.22. The minimum Gasteiger partial charge on any atom is -0.324 e. The second kappa shape index (κ2) is 7.88. The van der Waals surface area contributed by atoms with E-state index in [9.17, 15) is 18.4 Å². The first-order chi connectivity index (χ1) is 11.8. The molecule has 0 bridgehead atoms. The number of nitrogens with zero attached hydrogens (tertiary/aromatic N) is 1. The van der Waals surface area contributed by atoms with Crippen LogP contribution >= 0.6 is 0 Å². The number of carbonyl (C=O) groups is 2. The molecule has 2 rings (SSSR count). The molecule has 1 N–H and O–H groups in total. The van der Waals surface area contributed by atoms with Gasteiger partial charge in [0.15, 0.2) is 0 Å². The molecule has 6 heteroatoms. The highest BCUT2D eigenvalue weighted by Gasteiger charge is 2.23. The summed E-state index contributed by atoms with van der Waals surface area (Å²) >= 11 is 0. The van der Waals surface area contributed by atoms with E-state index in [-0.39, 0.29) is 0 Å². The Morgan fingerprint density at radius 3 is 2.24 bits per heavy atom. The number of amides is 2. The molecule has 0 aliphatic rings. The largest absolute Gasteiger partial charge is 0.324 e. The van der Waals surface area contributed by atoms with E-state index in [1.54, 1.807) is 0 Å². The number of rotatable bonds is 5. The number of hydrogen-bond acceptors (Lipinski definition) is 2. The number of aryl methyl sites for hydroxylation is 2. The van der Waals surface area contributed by atoms with Gasteiger partial charge in [-0.2, -0.15) is 0 Å². The van der Waals surface area contributed by atoms with E-state index >= 15 is 0 Å². The molecule has 0 aliphatic heterocycles. The van der Waals surface area contributed by atoms with Crippen molar-refractivity contribution in [2.75, 3.05) is 16.8 Å². The van der Waals surface area contributed by atoms with Gasteiger partial charge >= 0.3 is 0 Å². The Balaban J connectivity index is 2.27. The highest BCUT2D eigenvalue weighted by molar-refractivity contribution is 6.02. The summed E-state index contributed by atoms with van der Waals surface area (Å²) in [4.78, 5) is 25.0. The van der Waals surface area contributed by atoms with Gasteiger partial charge in [-0.1, -0.05) is 31.2 Å². The predicted molar refractivity (Wildman–Crippen MR) is 93.6 cm³/mol. The zero-order chi connectivity index (χ0) is 18.6. The lowest BCUT2D eigenvalue weighted by Crippen LogP contribution is -2.38. The number of carbonyl (C=O) groups excluding carboxylic acids is 2. The lowest BCUT2D eigenvalue weighted by molar-refractivity contribution is -0.120. The zero-order valence-electron chi connectivity index (χ0n) is 14.4. The van der Waals surface area contributed by atoms with Crippen LogP contribution in [0.15, 0.2) is 36.4 Å². The minimum atomic E-state index is -0.895. The average molecular weight is 346 g/mol. The molecular weight excluding hydrogens is 326 g/mol. The fourth-order valence-electron chi connectivity index (χ4n) is 2.62. The molecule has 0 atom stereocenters. The van der Waals surface area contributed by atoms with Gasteiger partial charge in [-0.05, 0) is 36.6 Å². The molecule has 0 saturated heterocycles. The first-order valence-electron chi connectivity index (χ1n) is 7.95. The second-order valence-corrected chi connectivity index (χ2v) is 5.69. The van der Waals surface area contributed by atoms with Crippen LogP contribution in [0.1, 0.15) is 25.0 Å². The number of para-hydroxylation sites is 2. The Bertz CT molecular complexity index is 786. The molecule has 132 valence electrons.